The van der Waals surface area contributed by atoms with Crippen molar-refractivity contribution in [1.29, 1.82) is 0 Å². The van der Waals surface area contributed by atoms with Gasteiger partial charge in [0.1, 0.15) is 5.75 Å². The molecule has 2 aliphatic rings. The average Bonchev–Trinajstić information content (AvgIpc) is 2.79. The van der Waals surface area contributed by atoms with Gasteiger partial charge in [-0.3, -0.25) is 10.2 Å². The van der Waals surface area contributed by atoms with Gasteiger partial charge < -0.3 is 9.84 Å². The van der Waals surface area contributed by atoms with E-state index in [0.29, 0.717) is 6.04 Å². The number of phenolic OH excluding ortho intramolecular Hbond substituents is 1. The molecule has 2 fully saturated rings. The number of benzene rings is 2. The maximum Gasteiger partial charge on any atom is 0.158 e. The SMILES string of the molecule is CC1OC2(c3ccc(O)cc3)CN(Cc3ccccc3)CC1N2. The van der Waals surface area contributed by atoms with E-state index in [2.05, 4.69) is 41.4 Å². The smallest absolute Gasteiger partial charge is 0.158 e. The highest BCUT2D eigenvalue weighted by Gasteiger charge is 2.50. The molecule has 2 N–H and O–H groups in total. The molecule has 4 heteroatoms. The molecule has 0 amide bonds. The van der Waals surface area contributed by atoms with Gasteiger partial charge in [-0.25, -0.2) is 0 Å². The number of piperazine rings is 1. The molecule has 4 nitrogen and oxygen atoms in total. The first kappa shape index (κ1) is 14.7. The van der Waals surface area contributed by atoms with Gasteiger partial charge in [0, 0.05) is 31.2 Å². The number of aromatic hydroxyl groups is 1. The fourth-order valence-electron chi connectivity index (χ4n) is 3.72. The monoisotopic (exact) mass is 310 g/mol. The first-order chi connectivity index (χ1) is 11.1. The average molecular weight is 310 g/mol. The molecule has 2 heterocycles. The van der Waals surface area contributed by atoms with E-state index in [9.17, 15) is 5.11 Å². The third-order valence-corrected chi connectivity index (χ3v) is 4.86. The molecule has 4 rings (SSSR count). The van der Waals surface area contributed by atoms with Crippen LogP contribution in [0.3, 0.4) is 0 Å². The lowest BCUT2D eigenvalue weighted by molar-refractivity contribution is -0.0662. The molecular weight excluding hydrogens is 288 g/mol. The van der Waals surface area contributed by atoms with Gasteiger partial charge in [0.2, 0.25) is 0 Å². The van der Waals surface area contributed by atoms with Crippen LogP contribution in [0.5, 0.6) is 5.75 Å². The van der Waals surface area contributed by atoms with Crippen molar-refractivity contribution in [3.63, 3.8) is 0 Å². The van der Waals surface area contributed by atoms with Gasteiger partial charge in [0.15, 0.2) is 5.72 Å². The molecule has 120 valence electrons. The lowest BCUT2D eigenvalue weighted by Crippen LogP contribution is -2.58. The molecular formula is C19H22N2O2. The summed E-state index contributed by atoms with van der Waals surface area (Å²) in [5, 5.41) is 13.2. The summed E-state index contributed by atoms with van der Waals surface area (Å²) in [5.74, 6) is 0.282. The van der Waals surface area contributed by atoms with Gasteiger partial charge in [-0.2, -0.15) is 0 Å². The van der Waals surface area contributed by atoms with Crippen LogP contribution in [-0.4, -0.2) is 35.2 Å². The zero-order valence-corrected chi connectivity index (χ0v) is 13.3. The number of hydrogen-bond acceptors (Lipinski definition) is 4. The zero-order valence-electron chi connectivity index (χ0n) is 13.3. The standard InChI is InChI=1S/C19H22N2O2/c1-14-18-12-21(11-15-5-3-2-4-6-15)13-19(20-18,23-14)16-7-9-17(22)10-8-16/h2-10,14,18,20,22H,11-13H2,1H3. The first-order valence-corrected chi connectivity index (χ1v) is 8.16. The highest BCUT2D eigenvalue weighted by atomic mass is 16.5. The molecule has 0 aliphatic carbocycles. The predicted octanol–water partition coefficient (Wildman–Crippen LogP) is 2.44. The van der Waals surface area contributed by atoms with Crippen LogP contribution >= 0.6 is 0 Å². The summed E-state index contributed by atoms with van der Waals surface area (Å²) in [4.78, 5) is 2.45. The molecule has 23 heavy (non-hydrogen) atoms. The van der Waals surface area contributed by atoms with Crippen molar-refractivity contribution in [1.82, 2.24) is 10.2 Å². The number of phenols is 1. The Balaban J connectivity index is 1.60. The number of fused-ring (bicyclic) bond motifs is 2. The third-order valence-electron chi connectivity index (χ3n) is 4.86. The molecule has 0 aromatic heterocycles. The minimum atomic E-state index is -0.481. The Morgan fingerprint density at radius 2 is 1.91 bits per heavy atom. The first-order valence-electron chi connectivity index (χ1n) is 8.16. The van der Waals surface area contributed by atoms with E-state index < -0.39 is 5.72 Å². The molecule has 3 unspecified atom stereocenters. The van der Waals surface area contributed by atoms with Crippen molar-refractivity contribution < 1.29 is 9.84 Å². The number of nitrogens with one attached hydrogen (secondary N) is 1. The summed E-state index contributed by atoms with van der Waals surface area (Å²) in [6.07, 6.45) is 0.171. The van der Waals surface area contributed by atoms with Crippen LogP contribution in [0.15, 0.2) is 54.6 Å². The lowest BCUT2D eigenvalue weighted by atomic mass is 9.98. The van der Waals surface area contributed by atoms with E-state index >= 15 is 0 Å². The quantitative estimate of drug-likeness (QED) is 0.914. The Kier molecular flexibility index (Phi) is 3.60. The number of nitrogens with zero attached hydrogens (tertiary/aromatic N) is 1. The Morgan fingerprint density at radius 3 is 2.65 bits per heavy atom. The van der Waals surface area contributed by atoms with Crippen LogP contribution in [0, 0.1) is 0 Å². The van der Waals surface area contributed by atoms with Crippen LogP contribution in [-0.2, 0) is 17.0 Å². The fourth-order valence-corrected chi connectivity index (χ4v) is 3.72. The van der Waals surface area contributed by atoms with Crippen molar-refractivity contribution in [2.24, 2.45) is 0 Å². The second-order valence-corrected chi connectivity index (χ2v) is 6.60. The van der Waals surface area contributed by atoms with Crippen molar-refractivity contribution >= 4 is 0 Å². The molecule has 2 aliphatic heterocycles. The van der Waals surface area contributed by atoms with Gasteiger partial charge in [0.05, 0.1) is 6.10 Å². The van der Waals surface area contributed by atoms with Crippen molar-refractivity contribution in [3.8, 4) is 5.75 Å². The number of rotatable bonds is 3. The summed E-state index contributed by atoms with van der Waals surface area (Å²) >= 11 is 0. The molecule has 2 aromatic carbocycles. The van der Waals surface area contributed by atoms with E-state index in [4.69, 9.17) is 4.74 Å². The Labute approximate surface area is 136 Å². The molecule has 0 spiro atoms. The maximum absolute atomic E-state index is 9.55. The predicted molar refractivity (Wildman–Crippen MR) is 89.0 cm³/mol. The Hall–Kier alpha value is -1.88. The lowest BCUT2D eigenvalue weighted by Gasteiger charge is -2.40. The van der Waals surface area contributed by atoms with Crippen LogP contribution < -0.4 is 5.32 Å². The largest absolute Gasteiger partial charge is 0.508 e. The van der Waals surface area contributed by atoms with Crippen molar-refractivity contribution in [2.45, 2.75) is 31.3 Å². The van der Waals surface area contributed by atoms with E-state index in [1.807, 2.05) is 18.2 Å². The summed E-state index contributed by atoms with van der Waals surface area (Å²) in [5.41, 5.74) is 1.91. The third kappa shape index (κ3) is 2.74. The van der Waals surface area contributed by atoms with Gasteiger partial charge >= 0.3 is 0 Å². The normalized spacial score (nSPS) is 30.5. The minimum Gasteiger partial charge on any atom is -0.508 e. The van der Waals surface area contributed by atoms with Gasteiger partial charge in [-0.1, -0.05) is 42.5 Å². The van der Waals surface area contributed by atoms with E-state index in [0.717, 1.165) is 25.2 Å². The molecule has 0 saturated carbocycles. The van der Waals surface area contributed by atoms with Crippen molar-refractivity contribution in [3.05, 3.63) is 65.7 Å². The van der Waals surface area contributed by atoms with Crippen LogP contribution in [0.2, 0.25) is 0 Å². The topological polar surface area (TPSA) is 44.7 Å². The van der Waals surface area contributed by atoms with Crippen LogP contribution in [0.4, 0.5) is 0 Å². The molecule has 3 atom stereocenters. The van der Waals surface area contributed by atoms with Gasteiger partial charge in [0.25, 0.3) is 0 Å². The van der Waals surface area contributed by atoms with E-state index in [1.165, 1.54) is 5.56 Å². The Morgan fingerprint density at radius 1 is 1.17 bits per heavy atom. The van der Waals surface area contributed by atoms with Gasteiger partial charge in [-0.15, -0.1) is 0 Å². The highest BCUT2D eigenvalue weighted by Crippen LogP contribution is 2.37. The van der Waals surface area contributed by atoms with Crippen LogP contribution in [0.25, 0.3) is 0 Å². The number of hydrogen-bond donors (Lipinski definition) is 2. The maximum atomic E-state index is 9.55. The van der Waals surface area contributed by atoms with Gasteiger partial charge in [-0.05, 0) is 24.6 Å². The summed E-state index contributed by atoms with van der Waals surface area (Å²) in [7, 11) is 0. The zero-order chi connectivity index (χ0) is 15.9. The molecule has 2 aromatic rings. The van der Waals surface area contributed by atoms with E-state index in [-0.39, 0.29) is 11.9 Å². The summed E-state index contributed by atoms with van der Waals surface area (Å²) in [6.45, 7) is 4.84. The number of ether oxygens (including phenoxy) is 1. The molecule has 2 bridgehead atoms. The second-order valence-electron chi connectivity index (χ2n) is 6.60. The fraction of sp³-hybridized carbons (Fsp3) is 0.368. The second kappa shape index (κ2) is 5.64. The highest BCUT2D eigenvalue weighted by molar-refractivity contribution is 5.32. The molecule has 0 radical (unpaired) electrons. The van der Waals surface area contributed by atoms with Crippen LogP contribution in [0.1, 0.15) is 18.1 Å². The minimum absolute atomic E-state index is 0.171. The van der Waals surface area contributed by atoms with Crippen molar-refractivity contribution in [2.75, 3.05) is 13.1 Å². The summed E-state index contributed by atoms with van der Waals surface area (Å²) in [6, 6.07) is 18.2. The Bertz CT molecular complexity index is 670. The van der Waals surface area contributed by atoms with E-state index in [1.54, 1.807) is 12.1 Å². The molecule has 2 saturated heterocycles. The summed E-state index contributed by atoms with van der Waals surface area (Å²) < 4.78 is 6.33.